The quantitative estimate of drug-likeness (QED) is 0.847. The highest BCUT2D eigenvalue weighted by Crippen LogP contribution is 2.27. The van der Waals surface area contributed by atoms with Crippen LogP contribution in [0, 0.1) is 0 Å². The average Bonchev–Trinajstić information content (AvgIpc) is 2.75. The molecule has 90 valence electrons. The number of rotatable bonds is 4. The lowest BCUT2D eigenvalue weighted by Gasteiger charge is -2.34. The van der Waals surface area contributed by atoms with Gasteiger partial charge in [-0.3, -0.25) is 4.68 Å². The fraction of sp³-hybridized carbons (Fsp3) is 0.769. The van der Waals surface area contributed by atoms with Crippen molar-refractivity contribution in [3.63, 3.8) is 0 Å². The third kappa shape index (κ3) is 2.85. The van der Waals surface area contributed by atoms with Crippen LogP contribution in [0.15, 0.2) is 12.4 Å². The summed E-state index contributed by atoms with van der Waals surface area (Å²) >= 11 is 0. The molecule has 0 radical (unpaired) electrons. The van der Waals surface area contributed by atoms with Gasteiger partial charge < -0.3 is 5.32 Å². The predicted molar refractivity (Wildman–Crippen MR) is 66.2 cm³/mol. The zero-order chi connectivity index (χ0) is 11.4. The van der Waals surface area contributed by atoms with Gasteiger partial charge in [0.2, 0.25) is 0 Å². The molecule has 3 nitrogen and oxygen atoms in total. The Morgan fingerprint density at radius 1 is 1.38 bits per heavy atom. The lowest BCUT2D eigenvalue weighted by molar-refractivity contribution is 0.252. The summed E-state index contributed by atoms with van der Waals surface area (Å²) in [5.74, 6) is 0. The Hall–Kier alpha value is -0.830. The van der Waals surface area contributed by atoms with Crippen LogP contribution in [0.3, 0.4) is 0 Å². The zero-order valence-electron chi connectivity index (χ0n) is 10.5. The molecule has 1 aromatic rings. The first kappa shape index (κ1) is 11.6. The number of hydrogen-bond donors (Lipinski definition) is 1. The van der Waals surface area contributed by atoms with Gasteiger partial charge in [0.1, 0.15) is 0 Å². The van der Waals surface area contributed by atoms with E-state index in [0.717, 1.165) is 13.1 Å². The Labute approximate surface area is 98.2 Å². The molecule has 0 spiro atoms. The van der Waals surface area contributed by atoms with E-state index in [2.05, 4.69) is 30.5 Å². The second kappa shape index (κ2) is 5.00. The number of hydrogen-bond acceptors (Lipinski definition) is 2. The molecule has 1 aliphatic rings. The van der Waals surface area contributed by atoms with E-state index >= 15 is 0 Å². The Kier molecular flexibility index (Phi) is 3.64. The summed E-state index contributed by atoms with van der Waals surface area (Å²) in [5, 5.41) is 8.00. The van der Waals surface area contributed by atoms with Crippen molar-refractivity contribution in [1.82, 2.24) is 15.1 Å². The van der Waals surface area contributed by atoms with Crippen molar-refractivity contribution < 1.29 is 0 Å². The Morgan fingerprint density at radius 3 is 2.75 bits per heavy atom. The molecule has 0 amide bonds. The number of aryl methyl sites for hydroxylation is 1. The molecular formula is C13H23N3. The van der Waals surface area contributed by atoms with Crippen molar-refractivity contribution in [3.8, 4) is 0 Å². The predicted octanol–water partition coefficient (Wildman–Crippen LogP) is 2.72. The molecule has 0 aliphatic heterocycles. The maximum absolute atomic E-state index is 4.30. The largest absolute Gasteiger partial charge is 0.307 e. The van der Waals surface area contributed by atoms with E-state index in [0.29, 0.717) is 5.54 Å². The van der Waals surface area contributed by atoms with Gasteiger partial charge in [-0.1, -0.05) is 19.3 Å². The summed E-state index contributed by atoms with van der Waals surface area (Å²) in [6.07, 6.45) is 10.9. The van der Waals surface area contributed by atoms with Crippen molar-refractivity contribution >= 4 is 0 Å². The summed E-state index contributed by atoms with van der Waals surface area (Å²) in [6, 6.07) is 0. The van der Waals surface area contributed by atoms with Gasteiger partial charge in [-0.2, -0.15) is 5.10 Å². The van der Waals surface area contributed by atoms with Gasteiger partial charge in [0, 0.05) is 30.4 Å². The van der Waals surface area contributed by atoms with Crippen molar-refractivity contribution in [2.75, 3.05) is 0 Å². The molecule has 1 saturated carbocycles. The minimum atomic E-state index is 0.354. The SMILES string of the molecule is CCn1cc(CNC2(C)CCCCC2)cn1. The average molecular weight is 221 g/mol. The first-order valence-electron chi connectivity index (χ1n) is 6.48. The number of aromatic nitrogens is 2. The van der Waals surface area contributed by atoms with Crippen LogP contribution in [0.5, 0.6) is 0 Å². The molecule has 0 saturated heterocycles. The molecule has 3 heteroatoms. The van der Waals surface area contributed by atoms with Gasteiger partial charge in [-0.15, -0.1) is 0 Å². The van der Waals surface area contributed by atoms with Crippen LogP contribution in [0.4, 0.5) is 0 Å². The van der Waals surface area contributed by atoms with Gasteiger partial charge in [0.15, 0.2) is 0 Å². The molecule has 0 atom stereocenters. The summed E-state index contributed by atoms with van der Waals surface area (Å²) in [5.41, 5.74) is 1.65. The maximum atomic E-state index is 4.30. The van der Waals surface area contributed by atoms with Crippen LogP contribution < -0.4 is 5.32 Å². The van der Waals surface area contributed by atoms with Crippen LogP contribution in [0.2, 0.25) is 0 Å². The van der Waals surface area contributed by atoms with E-state index < -0.39 is 0 Å². The lowest BCUT2D eigenvalue weighted by Crippen LogP contribution is -2.43. The van der Waals surface area contributed by atoms with Crippen molar-refractivity contribution in [1.29, 1.82) is 0 Å². The fourth-order valence-corrected chi connectivity index (χ4v) is 2.49. The van der Waals surface area contributed by atoms with E-state index in [-0.39, 0.29) is 0 Å². The Morgan fingerprint density at radius 2 is 2.12 bits per heavy atom. The molecule has 1 N–H and O–H groups in total. The minimum absolute atomic E-state index is 0.354. The first-order chi connectivity index (χ1) is 7.72. The summed E-state index contributed by atoms with van der Waals surface area (Å²) < 4.78 is 1.99. The Balaban J connectivity index is 1.86. The third-order valence-corrected chi connectivity index (χ3v) is 3.69. The highest BCUT2D eigenvalue weighted by molar-refractivity contribution is 5.04. The first-order valence-corrected chi connectivity index (χ1v) is 6.48. The lowest BCUT2D eigenvalue weighted by atomic mass is 9.83. The van der Waals surface area contributed by atoms with Crippen LogP contribution in [0.1, 0.15) is 51.5 Å². The maximum Gasteiger partial charge on any atom is 0.0534 e. The Bertz CT molecular complexity index is 324. The van der Waals surface area contributed by atoms with Gasteiger partial charge in [0.25, 0.3) is 0 Å². The van der Waals surface area contributed by atoms with Gasteiger partial charge in [-0.25, -0.2) is 0 Å². The van der Waals surface area contributed by atoms with E-state index in [1.807, 2.05) is 10.9 Å². The molecule has 0 bridgehead atoms. The summed E-state index contributed by atoms with van der Waals surface area (Å²) in [4.78, 5) is 0. The van der Waals surface area contributed by atoms with Gasteiger partial charge in [0.05, 0.1) is 6.20 Å². The normalized spacial score (nSPS) is 19.9. The van der Waals surface area contributed by atoms with E-state index in [1.165, 1.54) is 37.7 Å². The smallest absolute Gasteiger partial charge is 0.0534 e. The monoisotopic (exact) mass is 221 g/mol. The van der Waals surface area contributed by atoms with E-state index in [1.54, 1.807) is 0 Å². The minimum Gasteiger partial charge on any atom is -0.307 e. The van der Waals surface area contributed by atoms with E-state index in [9.17, 15) is 0 Å². The highest BCUT2D eigenvalue weighted by Gasteiger charge is 2.25. The molecule has 1 fully saturated rings. The van der Waals surface area contributed by atoms with Gasteiger partial charge >= 0.3 is 0 Å². The number of nitrogens with one attached hydrogen (secondary N) is 1. The van der Waals surface area contributed by atoms with Crippen molar-refractivity contribution in [2.24, 2.45) is 0 Å². The molecule has 0 aromatic carbocycles. The topological polar surface area (TPSA) is 29.9 Å². The van der Waals surface area contributed by atoms with Crippen molar-refractivity contribution in [3.05, 3.63) is 18.0 Å². The second-order valence-corrected chi connectivity index (χ2v) is 5.18. The fourth-order valence-electron chi connectivity index (χ4n) is 2.49. The molecule has 1 heterocycles. The molecule has 2 rings (SSSR count). The van der Waals surface area contributed by atoms with E-state index in [4.69, 9.17) is 0 Å². The standard InChI is InChI=1S/C13H23N3/c1-3-16-11-12(10-15-16)9-14-13(2)7-5-4-6-8-13/h10-11,14H,3-9H2,1-2H3. The molecular weight excluding hydrogens is 198 g/mol. The molecule has 1 aliphatic carbocycles. The number of nitrogens with zero attached hydrogens (tertiary/aromatic N) is 2. The second-order valence-electron chi connectivity index (χ2n) is 5.18. The summed E-state index contributed by atoms with van der Waals surface area (Å²) in [7, 11) is 0. The summed E-state index contributed by atoms with van der Waals surface area (Å²) in [6.45, 7) is 6.39. The van der Waals surface area contributed by atoms with Crippen LogP contribution >= 0.6 is 0 Å². The highest BCUT2D eigenvalue weighted by atomic mass is 15.3. The zero-order valence-corrected chi connectivity index (χ0v) is 10.5. The molecule has 0 unspecified atom stereocenters. The van der Waals surface area contributed by atoms with Gasteiger partial charge in [-0.05, 0) is 26.7 Å². The van der Waals surface area contributed by atoms with Crippen molar-refractivity contribution in [2.45, 2.75) is 64.6 Å². The third-order valence-electron chi connectivity index (χ3n) is 3.69. The van der Waals surface area contributed by atoms with Crippen LogP contribution in [0.25, 0.3) is 0 Å². The molecule has 16 heavy (non-hydrogen) atoms. The van der Waals surface area contributed by atoms with Crippen LogP contribution in [-0.4, -0.2) is 15.3 Å². The molecule has 1 aromatic heterocycles. The van der Waals surface area contributed by atoms with Crippen LogP contribution in [-0.2, 0) is 13.1 Å².